The summed E-state index contributed by atoms with van der Waals surface area (Å²) in [6, 6.07) is 14.9. The van der Waals surface area contributed by atoms with E-state index in [0.29, 0.717) is 0 Å². The Morgan fingerprint density at radius 3 is 2.65 bits per heavy atom. The summed E-state index contributed by atoms with van der Waals surface area (Å²) >= 11 is 3.38. The van der Waals surface area contributed by atoms with E-state index in [0.717, 1.165) is 15.2 Å². The van der Waals surface area contributed by atoms with Gasteiger partial charge in [0.05, 0.1) is 0 Å². The molecule has 5 heteroatoms. The van der Waals surface area contributed by atoms with Crippen molar-refractivity contribution in [2.24, 2.45) is 0 Å². The molecule has 1 aromatic heterocycles. The summed E-state index contributed by atoms with van der Waals surface area (Å²) in [5.41, 5.74) is 1.34. The molecular formula is C15H15N3S2. The number of hydrogen-bond acceptors (Lipinski definition) is 5. The molecule has 0 spiro atoms. The zero-order chi connectivity index (χ0) is 13.9. The highest BCUT2D eigenvalue weighted by Gasteiger charge is 2.07. The predicted molar refractivity (Wildman–Crippen MR) is 87.7 cm³/mol. The topological polar surface area (TPSA) is 29.0 Å². The van der Waals surface area contributed by atoms with Crippen LogP contribution in [0.25, 0.3) is 10.8 Å². The molecule has 0 radical (unpaired) electrons. The number of benzene rings is 2. The first kappa shape index (κ1) is 13.4. The second-order valence-electron chi connectivity index (χ2n) is 4.67. The number of thioether (sulfide) groups is 1. The molecule has 0 amide bonds. The summed E-state index contributed by atoms with van der Waals surface area (Å²) in [6.07, 6.45) is 0. The summed E-state index contributed by atoms with van der Waals surface area (Å²) in [4.78, 5) is 1.99. The maximum Gasteiger partial charge on any atom is 0.208 e. The number of anilines is 1. The molecule has 20 heavy (non-hydrogen) atoms. The van der Waals surface area contributed by atoms with Crippen LogP contribution in [-0.2, 0) is 5.75 Å². The SMILES string of the molecule is CN(C)c1nnc(SCc2cccc3ccccc23)s1. The van der Waals surface area contributed by atoms with Crippen LogP contribution >= 0.6 is 23.1 Å². The first-order chi connectivity index (χ1) is 9.74. The Bertz CT molecular complexity index is 716. The Morgan fingerprint density at radius 2 is 1.85 bits per heavy atom. The van der Waals surface area contributed by atoms with E-state index < -0.39 is 0 Å². The molecule has 3 nitrogen and oxygen atoms in total. The Hall–Kier alpha value is -1.59. The predicted octanol–water partition coefficient (Wildman–Crippen LogP) is 4.05. The fourth-order valence-electron chi connectivity index (χ4n) is 2.00. The molecule has 0 aliphatic carbocycles. The number of hydrogen-bond donors (Lipinski definition) is 0. The molecule has 3 rings (SSSR count). The van der Waals surface area contributed by atoms with Gasteiger partial charge in [0.2, 0.25) is 5.13 Å². The number of rotatable bonds is 4. The van der Waals surface area contributed by atoms with E-state index in [9.17, 15) is 0 Å². The third kappa shape index (κ3) is 2.78. The minimum absolute atomic E-state index is 0.920. The Morgan fingerprint density at radius 1 is 1.05 bits per heavy atom. The average Bonchev–Trinajstić information content (AvgIpc) is 2.94. The van der Waals surface area contributed by atoms with E-state index in [4.69, 9.17) is 0 Å². The monoisotopic (exact) mass is 301 g/mol. The van der Waals surface area contributed by atoms with Crippen LogP contribution in [0.1, 0.15) is 5.56 Å². The van der Waals surface area contributed by atoms with Crippen LogP contribution in [0.4, 0.5) is 5.13 Å². The minimum Gasteiger partial charge on any atom is -0.353 e. The number of nitrogens with zero attached hydrogens (tertiary/aromatic N) is 3. The lowest BCUT2D eigenvalue weighted by Gasteiger charge is -2.05. The van der Waals surface area contributed by atoms with E-state index >= 15 is 0 Å². The van der Waals surface area contributed by atoms with Crippen LogP contribution in [0.3, 0.4) is 0 Å². The lowest BCUT2D eigenvalue weighted by atomic mass is 10.1. The number of aromatic nitrogens is 2. The molecule has 0 unspecified atom stereocenters. The molecule has 1 heterocycles. The van der Waals surface area contributed by atoms with Crippen molar-refractivity contribution in [3.8, 4) is 0 Å². The molecule has 0 aliphatic rings. The van der Waals surface area contributed by atoms with Crippen molar-refractivity contribution in [2.75, 3.05) is 19.0 Å². The molecule has 102 valence electrons. The lowest BCUT2D eigenvalue weighted by molar-refractivity contribution is 0.972. The molecule has 0 aliphatic heterocycles. The molecule has 0 bridgehead atoms. The van der Waals surface area contributed by atoms with Gasteiger partial charge >= 0.3 is 0 Å². The van der Waals surface area contributed by atoms with Crippen LogP contribution in [0.15, 0.2) is 46.8 Å². The van der Waals surface area contributed by atoms with Gasteiger partial charge < -0.3 is 4.90 Å². The van der Waals surface area contributed by atoms with Gasteiger partial charge in [0.1, 0.15) is 0 Å². The smallest absolute Gasteiger partial charge is 0.208 e. The van der Waals surface area contributed by atoms with Crippen molar-refractivity contribution >= 4 is 39.0 Å². The van der Waals surface area contributed by atoms with Crippen LogP contribution in [0.5, 0.6) is 0 Å². The van der Waals surface area contributed by atoms with Crippen molar-refractivity contribution in [3.63, 3.8) is 0 Å². The van der Waals surface area contributed by atoms with E-state index in [1.165, 1.54) is 16.3 Å². The lowest BCUT2D eigenvalue weighted by Crippen LogP contribution is -2.07. The first-order valence-corrected chi connectivity index (χ1v) is 8.14. The summed E-state index contributed by atoms with van der Waals surface area (Å²) < 4.78 is 1.02. The van der Waals surface area contributed by atoms with Gasteiger partial charge in [-0.05, 0) is 16.3 Å². The van der Waals surface area contributed by atoms with Gasteiger partial charge in [-0.2, -0.15) is 0 Å². The van der Waals surface area contributed by atoms with Crippen LogP contribution in [-0.4, -0.2) is 24.3 Å². The van der Waals surface area contributed by atoms with Crippen LogP contribution in [0, 0.1) is 0 Å². The standard InChI is InChI=1S/C15H15N3S2/c1-18(2)14-16-17-15(20-14)19-10-12-8-5-7-11-6-3-4-9-13(11)12/h3-9H,10H2,1-2H3. The zero-order valence-corrected chi connectivity index (χ0v) is 13.0. The van der Waals surface area contributed by atoms with Gasteiger partial charge in [-0.25, -0.2) is 0 Å². The van der Waals surface area contributed by atoms with E-state index in [2.05, 4.69) is 52.7 Å². The van der Waals surface area contributed by atoms with Gasteiger partial charge in [0, 0.05) is 19.8 Å². The third-order valence-corrected chi connectivity index (χ3v) is 5.28. The third-order valence-electron chi connectivity index (χ3n) is 3.01. The molecule has 3 aromatic rings. The first-order valence-electron chi connectivity index (χ1n) is 6.34. The second kappa shape index (κ2) is 5.81. The van der Waals surface area contributed by atoms with Crippen LogP contribution in [0.2, 0.25) is 0 Å². The fourth-order valence-corrected chi connectivity index (χ4v) is 3.77. The minimum atomic E-state index is 0.920. The summed E-state index contributed by atoms with van der Waals surface area (Å²) in [5.74, 6) is 0.920. The second-order valence-corrected chi connectivity index (χ2v) is 6.85. The van der Waals surface area contributed by atoms with E-state index in [-0.39, 0.29) is 0 Å². The summed E-state index contributed by atoms with van der Waals surface area (Å²) in [5, 5.41) is 11.9. The summed E-state index contributed by atoms with van der Waals surface area (Å²) in [7, 11) is 3.97. The maximum atomic E-state index is 4.22. The molecule has 0 atom stereocenters. The van der Waals surface area contributed by atoms with Crippen molar-refractivity contribution in [3.05, 3.63) is 48.0 Å². The molecular weight excluding hydrogens is 286 g/mol. The van der Waals surface area contributed by atoms with E-state index in [1.807, 2.05) is 19.0 Å². The number of fused-ring (bicyclic) bond motifs is 1. The Labute approximate surface area is 126 Å². The molecule has 0 N–H and O–H groups in total. The van der Waals surface area contributed by atoms with Gasteiger partial charge in [-0.3, -0.25) is 0 Å². The average molecular weight is 301 g/mol. The van der Waals surface area contributed by atoms with Gasteiger partial charge in [0.25, 0.3) is 0 Å². The highest BCUT2D eigenvalue weighted by Crippen LogP contribution is 2.31. The van der Waals surface area contributed by atoms with Crippen molar-refractivity contribution < 1.29 is 0 Å². The molecule has 0 fully saturated rings. The molecule has 0 saturated heterocycles. The van der Waals surface area contributed by atoms with Crippen molar-refractivity contribution in [1.29, 1.82) is 0 Å². The molecule has 0 saturated carbocycles. The van der Waals surface area contributed by atoms with Crippen molar-refractivity contribution in [1.82, 2.24) is 10.2 Å². The Balaban J connectivity index is 1.79. The quantitative estimate of drug-likeness (QED) is 0.680. The Kier molecular flexibility index (Phi) is 3.89. The molecule has 2 aromatic carbocycles. The normalized spacial score (nSPS) is 10.9. The summed E-state index contributed by atoms with van der Waals surface area (Å²) in [6.45, 7) is 0. The van der Waals surface area contributed by atoms with Gasteiger partial charge in [0.15, 0.2) is 4.34 Å². The highest BCUT2D eigenvalue weighted by molar-refractivity contribution is 8.00. The van der Waals surface area contributed by atoms with Crippen LogP contribution < -0.4 is 4.90 Å². The van der Waals surface area contributed by atoms with Gasteiger partial charge in [-0.15, -0.1) is 10.2 Å². The zero-order valence-electron chi connectivity index (χ0n) is 11.4. The largest absolute Gasteiger partial charge is 0.353 e. The van der Waals surface area contributed by atoms with E-state index in [1.54, 1.807) is 23.1 Å². The fraction of sp³-hybridized carbons (Fsp3) is 0.200. The van der Waals surface area contributed by atoms with Gasteiger partial charge in [-0.1, -0.05) is 65.6 Å². The maximum absolute atomic E-state index is 4.22. The highest BCUT2D eigenvalue weighted by atomic mass is 32.2. The van der Waals surface area contributed by atoms with Crippen molar-refractivity contribution in [2.45, 2.75) is 10.1 Å².